The Hall–Kier alpha value is -0.870. The second kappa shape index (κ2) is 7.41. The molecule has 4 heteroatoms. The van der Waals surface area contributed by atoms with E-state index in [2.05, 4.69) is 11.9 Å². The minimum atomic E-state index is 0.0196. The fourth-order valence-electron chi connectivity index (χ4n) is 2.06. The zero-order valence-electron chi connectivity index (χ0n) is 9.82. The van der Waals surface area contributed by atoms with Gasteiger partial charge in [-0.1, -0.05) is 6.08 Å². The smallest absolute Gasteiger partial charge is 0.223 e. The first-order chi connectivity index (χ1) is 7.77. The summed E-state index contributed by atoms with van der Waals surface area (Å²) in [6.07, 6.45) is 4.46. The zero-order valence-corrected chi connectivity index (χ0v) is 9.82. The molecule has 0 atom stereocenters. The molecule has 0 radical (unpaired) electrons. The molecule has 1 aliphatic rings. The number of rotatable bonds is 6. The van der Waals surface area contributed by atoms with Crippen molar-refractivity contribution in [3.8, 4) is 0 Å². The fourth-order valence-corrected chi connectivity index (χ4v) is 2.06. The highest BCUT2D eigenvalue weighted by atomic mass is 16.3. The molecule has 1 saturated heterocycles. The van der Waals surface area contributed by atoms with E-state index in [1.165, 1.54) is 0 Å². The van der Waals surface area contributed by atoms with E-state index in [-0.39, 0.29) is 12.5 Å². The van der Waals surface area contributed by atoms with Crippen molar-refractivity contribution in [2.45, 2.75) is 19.3 Å². The number of carbonyl (C=O) groups excluding carboxylic acids is 1. The Morgan fingerprint density at radius 1 is 1.50 bits per heavy atom. The Morgan fingerprint density at radius 3 is 2.75 bits per heavy atom. The summed E-state index contributed by atoms with van der Waals surface area (Å²) >= 11 is 0. The number of hydrogen-bond acceptors (Lipinski definition) is 3. The predicted octanol–water partition coefficient (Wildman–Crippen LogP) is 0.383. The van der Waals surface area contributed by atoms with Crippen molar-refractivity contribution in [1.82, 2.24) is 10.2 Å². The normalized spacial score (nSPS) is 17.1. The molecule has 1 fully saturated rings. The molecule has 0 aliphatic carbocycles. The third-order valence-electron chi connectivity index (χ3n) is 2.99. The van der Waals surface area contributed by atoms with Crippen LogP contribution in [0.5, 0.6) is 0 Å². The lowest BCUT2D eigenvalue weighted by Gasteiger charge is -2.26. The van der Waals surface area contributed by atoms with Crippen LogP contribution in [0.15, 0.2) is 12.7 Å². The van der Waals surface area contributed by atoms with Crippen molar-refractivity contribution in [2.24, 2.45) is 5.92 Å². The molecule has 0 aromatic carbocycles. The van der Waals surface area contributed by atoms with Crippen LogP contribution in [0.3, 0.4) is 0 Å². The molecule has 4 nitrogen and oxygen atoms in total. The van der Waals surface area contributed by atoms with E-state index in [0.717, 1.165) is 25.9 Å². The molecule has 0 aromatic heterocycles. The van der Waals surface area contributed by atoms with Gasteiger partial charge in [0.05, 0.1) is 6.61 Å². The van der Waals surface area contributed by atoms with Gasteiger partial charge in [-0.15, -0.1) is 6.58 Å². The van der Waals surface area contributed by atoms with Crippen LogP contribution in [-0.4, -0.2) is 48.7 Å². The second-order valence-corrected chi connectivity index (χ2v) is 4.25. The van der Waals surface area contributed by atoms with Gasteiger partial charge < -0.3 is 15.3 Å². The largest absolute Gasteiger partial charge is 0.395 e. The van der Waals surface area contributed by atoms with Gasteiger partial charge in [-0.2, -0.15) is 0 Å². The highest BCUT2D eigenvalue weighted by molar-refractivity contribution is 5.76. The van der Waals surface area contributed by atoms with Gasteiger partial charge in [0.1, 0.15) is 0 Å². The molecule has 1 rings (SSSR count). The SMILES string of the molecule is C=CCN(CCO)C(=O)CC1CCNCC1. The average molecular weight is 226 g/mol. The van der Waals surface area contributed by atoms with E-state index in [1.807, 2.05) is 0 Å². The van der Waals surface area contributed by atoms with Gasteiger partial charge in [0.2, 0.25) is 5.91 Å². The summed E-state index contributed by atoms with van der Waals surface area (Å²) in [6, 6.07) is 0. The average Bonchev–Trinajstić information content (AvgIpc) is 2.30. The molecule has 0 bridgehead atoms. The summed E-state index contributed by atoms with van der Waals surface area (Å²) in [5.74, 6) is 0.639. The minimum Gasteiger partial charge on any atom is -0.395 e. The van der Waals surface area contributed by atoms with E-state index in [4.69, 9.17) is 5.11 Å². The summed E-state index contributed by atoms with van der Waals surface area (Å²) in [4.78, 5) is 13.6. The van der Waals surface area contributed by atoms with Gasteiger partial charge in [-0.05, 0) is 31.8 Å². The van der Waals surface area contributed by atoms with E-state index in [9.17, 15) is 4.79 Å². The molecule has 92 valence electrons. The molecule has 0 spiro atoms. The number of piperidine rings is 1. The van der Waals surface area contributed by atoms with Crippen LogP contribution in [0.1, 0.15) is 19.3 Å². The van der Waals surface area contributed by atoms with E-state index in [0.29, 0.717) is 25.4 Å². The maximum atomic E-state index is 11.9. The summed E-state index contributed by atoms with van der Waals surface area (Å²) in [5.41, 5.74) is 0. The summed E-state index contributed by atoms with van der Waals surface area (Å²) in [6.45, 7) is 6.62. The number of amides is 1. The Bertz CT molecular complexity index is 225. The van der Waals surface area contributed by atoms with E-state index >= 15 is 0 Å². The summed E-state index contributed by atoms with van der Waals surface area (Å²) in [7, 11) is 0. The topological polar surface area (TPSA) is 52.6 Å². The van der Waals surface area contributed by atoms with Gasteiger partial charge in [0.25, 0.3) is 0 Å². The first-order valence-electron chi connectivity index (χ1n) is 5.98. The molecule has 2 N–H and O–H groups in total. The number of nitrogens with one attached hydrogen (secondary N) is 1. The van der Waals surface area contributed by atoms with Gasteiger partial charge in [-0.25, -0.2) is 0 Å². The van der Waals surface area contributed by atoms with Gasteiger partial charge >= 0.3 is 0 Å². The van der Waals surface area contributed by atoms with Crippen LogP contribution in [-0.2, 0) is 4.79 Å². The lowest BCUT2D eigenvalue weighted by atomic mass is 9.94. The quantitative estimate of drug-likeness (QED) is 0.644. The predicted molar refractivity (Wildman–Crippen MR) is 64.1 cm³/mol. The molecule has 1 aliphatic heterocycles. The van der Waals surface area contributed by atoms with Crippen molar-refractivity contribution < 1.29 is 9.90 Å². The van der Waals surface area contributed by atoms with Crippen LogP contribution >= 0.6 is 0 Å². The second-order valence-electron chi connectivity index (χ2n) is 4.25. The number of aliphatic hydroxyl groups is 1. The Labute approximate surface area is 97.3 Å². The third-order valence-corrected chi connectivity index (χ3v) is 2.99. The van der Waals surface area contributed by atoms with Crippen molar-refractivity contribution in [3.05, 3.63) is 12.7 Å². The summed E-state index contributed by atoms with van der Waals surface area (Å²) in [5, 5.41) is 12.2. The summed E-state index contributed by atoms with van der Waals surface area (Å²) < 4.78 is 0. The minimum absolute atomic E-state index is 0.0196. The monoisotopic (exact) mass is 226 g/mol. The lowest BCUT2D eigenvalue weighted by molar-refractivity contribution is -0.132. The molecule has 0 saturated carbocycles. The molecular weight excluding hydrogens is 204 g/mol. The third kappa shape index (κ3) is 4.33. The number of nitrogens with zero attached hydrogens (tertiary/aromatic N) is 1. The Balaban J connectivity index is 2.37. The van der Waals surface area contributed by atoms with Gasteiger partial charge in [0, 0.05) is 19.5 Å². The van der Waals surface area contributed by atoms with Crippen molar-refractivity contribution in [1.29, 1.82) is 0 Å². The van der Waals surface area contributed by atoms with Crippen LogP contribution in [0.25, 0.3) is 0 Å². The molecule has 16 heavy (non-hydrogen) atoms. The van der Waals surface area contributed by atoms with Crippen LogP contribution in [0.4, 0.5) is 0 Å². The number of carbonyl (C=O) groups is 1. The van der Waals surface area contributed by atoms with Crippen LogP contribution in [0, 0.1) is 5.92 Å². The molecule has 1 heterocycles. The van der Waals surface area contributed by atoms with Gasteiger partial charge in [0.15, 0.2) is 0 Å². The van der Waals surface area contributed by atoms with Crippen molar-refractivity contribution in [2.75, 3.05) is 32.8 Å². The standard InChI is InChI=1S/C12H22N2O2/c1-2-7-14(8-9-15)12(16)10-11-3-5-13-6-4-11/h2,11,13,15H,1,3-10H2. The van der Waals surface area contributed by atoms with Gasteiger partial charge in [-0.3, -0.25) is 4.79 Å². The first-order valence-corrected chi connectivity index (χ1v) is 5.98. The fraction of sp³-hybridized carbons (Fsp3) is 0.750. The Morgan fingerprint density at radius 2 is 2.19 bits per heavy atom. The van der Waals surface area contributed by atoms with Crippen LogP contribution < -0.4 is 5.32 Å². The van der Waals surface area contributed by atoms with E-state index in [1.54, 1.807) is 11.0 Å². The maximum absolute atomic E-state index is 11.9. The Kier molecular flexibility index (Phi) is 6.11. The van der Waals surface area contributed by atoms with E-state index < -0.39 is 0 Å². The lowest BCUT2D eigenvalue weighted by Crippen LogP contribution is -2.37. The highest BCUT2D eigenvalue weighted by Gasteiger charge is 2.19. The van der Waals surface area contributed by atoms with Crippen LogP contribution in [0.2, 0.25) is 0 Å². The number of aliphatic hydroxyl groups excluding tert-OH is 1. The molecular formula is C12H22N2O2. The van der Waals surface area contributed by atoms with Crippen molar-refractivity contribution >= 4 is 5.91 Å². The molecule has 1 amide bonds. The first kappa shape index (κ1) is 13.2. The maximum Gasteiger partial charge on any atom is 0.223 e. The molecule has 0 aromatic rings. The highest BCUT2D eigenvalue weighted by Crippen LogP contribution is 2.17. The number of hydrogen-bond donors (Lipinski definition) is 2. The zero-order chi connectivity index (χ0) is 11.8. The van der Waals surface area contributed by atoms with Crippen molar-refractivity contribution in [3.63, 3.8) is 0 Å². The molecule has 0 unspecified atom stereocenters.